The topological polar surface area (TPSA) is 78.3 Å². The standard InChI is InChI=1S/C26H26N4O3S/c1-18-6-4-5-7-23(18)30-17-27-29-26(30)34-16-24(31)28-25(19-8-12-21(32-2)13-9-19)20-10-14-22(33-3)15-11-20/h4-15,17,25H,16H2,1-3H3,(H,28,31). The molecule has 0 radical (unpaired) electrons. The maximum Gasteiger partial charge on any atom is 0.231 e. The number of ether oxygens (including phenoxy) is 2. The fourth-order valence-corrected chi connectivity index (χ4v) is 4.34. The quantitative estimate of drug-likeness (QED) is 0.358. The van der Waals surface area contributed by atoms with Crippen LogP contribution in [0.2, 0.25) is 0 Å². The number of hydrogen-bond donors (Lipinski definition) is 1. The minimum absolute atomic E-state index is 0.110. The first-order valence-corrected chi connectivity index (χ1v) is 11.7. The van der Waals surface area contributed by atoms with E-state index < -0.39 is 0 Å². The van der Waals surface area contributed by atoms with Crippen molar-refractivity contribution in [1.82, 2.24) is 20.1 Å². The van der Waals surface area contributed by atoms with E-state index in [1.54, 1.807) is 20.5 Å². The molecule has 34 heavy (non-hydrogen) atoms. The van der Waals surface area contributed by atoms with E-state index in [0.717, 1.165) is 33.9 Å². The highest BCUT2D eigenvalue weighted by Gasteiger charge is 2.19. The van der Waals surface area contributed by atoms with Crippen molar-refractivity contribution in [2.24, 2.45) is 0 Å². The molecular formula is C26H26N4O3S. The first-order chi connectivity index (χ1) is 16.6. The van der Waals surface area contributed by atoms with Gasteiger partial charge in [0.25, 0.3) is 0 Å². The Bertz CT molecular complexity index is 1190. The van der Waals surface area contributed by atoms with Crippen LogP contribution in [0.1, 0.15) is 22.7 Å². The molecular weight excluding hydrogens is 448 g/mol. The number of hydrogen-bond acceptors (Lipinski definition) is 6. The Morgan fingerprint density at radius 1 is 0.941 bits per heavy atom. The van der Waals surface area contributed by atoms with E-state index in [1.165, 1.54) is 11.8 Å². The zero-order chi connectivity index (χ0) is 23.9. The highest BCUT2D eigenvalue weighted by atomic mass is 32.2. The highest BCUT2D eigenvalue weighted by Crippen LogP contribution is 2.27. The Kier molecular flexibility index (Phi) is 7.49. The summed E-state index contributed by atoms with van der Waals surface area (Å²) in [7, 11) is 3.26. The van der Waals surface area contributed by atoms with Gasteiger partial charge in [0, 0.05) is 0 Å². The van der Waals surface area contributed by atoms with E-state index in [4.69, 9.17) is 9.47 Å². The third-order valence-electron chi connectivity index (χ3n) is 5.43. The van der Waals surface area contributed by atoms with Crippen molar-refractivity contribution in [3.63, 3.8) is 0 Å². The molecule has 1 heterocycles. The number of benzene rings is 3. The number of carbonyl (C=O) groups is 1. The molecule has 0 aliphatic heterocycles. The monoisotopic (exact) mass is 474 g/mol. The summed E-state index contributed by atoms with van der Waals surface area (Å²) < 4.78 is 12.5. The average molecular weight is 475 g/mol. The number of thioether (sulfide) groups is 1. The second-order valence-electron chi connectivity index (χ2n) is 7.61. The van der Waals surface area contributed by atoms with Crippen LogP contribution in [-0.2, 0) is 4.79 Å². The lowest BCUT2D eigenvalue weighted by Gasteiger charge is -2.20. The number of methoxy groups -OCH3 is 2. The molecule has 0 bridgehead atoms. The van der Waals surface area contributed by atoms with E-state index in [0.29, 0.717) is 5.16 Å². The van der Waals surface area contributed by atoms with E-state index in [2.05, 4.69) is 15.5 Å². The van der Waals surface area contributed by atoms with Crippen molar-refractivity contribution in [2.45, 2.75) is 18.1 Å². The van der Waals surface area contributed by atoms with Gasteiger partial charge in [-0.05, 0) is 53.9 Å². The minimum Gasteiger partial charge on any atom is -0.497 e. The van der Waals surface area contributed by atoms with E-state index in [9.17, 15) is 4.79 Å². The predicted molar refractivity (Wildman–Crippen MR) is 133 cm³/mol. The summed E-state index contributed by atoms with van der Waals surface area (Å²) in [4.78, 5) is 13.0. The Morgan fingerprint density at radius 3 is 2.09 bits per heavy atom. The average Bonchev–Trinajstić information content (AvgIpc) is 3.35. The Morgan fingerprint density at radius 2 is 1.53 bits per heavy atom. The summed E-state index contributed by atoms with van der Waals surface area (Å²) in [5.74, 6) is 1.61. The first kappa shape index (κ1) is 23.4. The summed E-state index contributed by atoms with van der Waals surface area (Å²) in [6.45, 7) is 2.03. The molecule has 4 rings (SSSR count). The van der Waals surface area contributed by atoms with Gasteiger partial charge < -0.3 is 14.8 Å². The second kappa shape index (κ2) is 10.9. The molecule has 0 fully saturated rings. The van der Waals surface area contributed by atoms with Crippen LogP contribution in [0.3, 0.4) is 0 Å². The molecule has 0 unspecified atom stereocenters. The number of nitrogens with one attached hydrogen (secondary N) is 1. The van der Waals surface area contributed by atoms with Crippen LogP contribution in [0, 0.1) is 6.92 Å². The molecule has 1 aromatic heterocycles. The Hall–Kier alpha value is -3.78. The largest absolute Gasteiger partial charge is 0.497 e. The third kappa shape index (κ3) is 5.40. The number of carbonyl (C=O) groups excluding carboxylic acids is 1. The molecule has 0 aliphatic carbocycles. The van der Waals surface area contributed by atoms with Crippen LogP contribution in [0.5, 0.6) is 11.5 Å². The SMILES string of the molecule is COc1ccc(C(NC(=O)CSc2nncn2-c2ccccc2C)c2ccc(OC)cc2)cc1. The van der Waals surface area contributed by atoms with Crippen LogP contribution in [-0.4, -0.2) is 40.6 Å². The van der Waals surface area contributed by atoms with Gasteiger partial charge in [-0.2, -0.15) is 0 Å². The molecule has 0 spiro atoms. The van der Waals surface area contributed by atoms with Crippen LogP contribution < -0.4 is 14.8 Å². The van der Waals surface area contributed by atoms with E-state index >= 15 is 0 Å². The maximum absolute atomic E-state index is 13.0. The van der Waals surface area contributed by atoms with E-state index in [-0.39, 0.29) is 17.7 Å². The molecule has 3 aromatic carbocycles. The van der Waals surface area contributed by atoms with Crippen molar-refractivity contribution in [2.75, 3.05) is 20.0 Å². The van der Waals surface area contributed by atoms with Crippen molar-refractivity contribution in [3.8, 4) is 17.2 Å². The molecule has 0 atom stereocenters. The van der Waals surface area contributed by atoms with E-state index in [1.807, 2.05) is 84.3 Å². The normalized spacial score (nSPS) is 10.8. The van der Waals surface area contributed by atoms with Crippen LogP contribution in [0.25, 0.3) is 5.69 Å². The van der Waals surface area contributed by atoms with Gasteiger partial charge in [-0.25, -0.2) is 0 Å². The van der Waals surface area contributed by atoms with Crippen LogP contribution in [0.4, 0.5) is 0 Å². The third-order valence-corrected chi connectivity index (χ3v) is 6.37. The molecule has 1 N–H and O–H groups in total. The summed E-state index contributed by atoms with van der Waals surface area (Å²) in [5.41, 5.74) is 4.00. The molecule has 8 heteroatoms. The summed E-state index contributed by atoms with van der Waals surface area (Å²) in [6.07, 6.45) is 1.67. The predicted octanol–water partition coefficient (Wildman–Crippen LogP) is 4.59. The smallest absolute Gasteiger partial charge is 0.231 e. The van der Waals surface area contributed by atoms with Gasteiger partial charge in [-0.3, -0.25) is 9.36 Å². The fraction of sp³-hybridized carbons (Fsp3) is 0.192. The summed E-state index contributed by atoms with van der Waals surface area (Å²) >= 11 is 1.35. The molecule has 174 valence electrons. The maximum atomic E-state index is 13.0. The van der Waals surface area contributed by atoms with Crippen molar-refractivity contribution < 1.29 is 14.3 Å². The lowest BCUT2D eigenvalue weighted by molar-refractivity contribution is -0.119. The van der Waals surface area contributed by atoms with Crippen molar-refractivity contribution in [1.29, 1.82) is 0 Å². The zero-order valence-corrected chi connectivity index (χ0v) is 20.1. The van der Waals surface area contributed by atoms with Gasteiger partial charge in [0.2, 0.25) is 5.91 Å². The molecule has 1 amide bonds. The summed E-state index contributed by atoms with van der Waals surface area (Å²) in [6, 6.07) is 23.0. The van der Waals surface area contributed by atoms with Gasteiger partial charge in [0.1, 0.15) is 17.8 Å². The molecule has 7 nitrogen and oxygen atoms in total. The van der Waals surface area contributed by atoms with Gasteiger partial charge in [0.05, 0.1) is 31.7 Å². The lowest BCUT2D eigenvalue weighted by atomic mass is 9.98. The van der Waals surface area contributed by atoms with Crippen LogP contribution in [0.15, 0.2) is 84.3 Å². The van der Waals surface area contributed by atoms with Gasteiger partial charge in [-0.1, -0.05) is 54.2 Å². The number of amides is 1. The van der Waals surface area contributed by atoms with Crippen molar-refractivity contribution >= 4 is 17.7 Å². The van der Waals surface area contributed by atoms with Gasteiger partial charge in [-0.15, -0.1) is 10.2 Å². The molecule has 4 aromatic rings. The number of nitrogens with zero attached hydrogens (tertiary/aromatic N) is 3. The Labute approximate surface area is 203 Å². The number of para-hydroxylation sites is 1. The number of rotatable bonds is 9. The Balaban J connectivity index is 1.51. The number of aryl methyl sites for hydroxylation is 1. The fourth-order valence-electron chi connectivity index (χ4n) is 3.61. The van der Waals surface area contributed by atoms with Crippen LogP contribution >= 0.6 is 11.8 Å². The molecule has 0 aliphatic rings. The zero-order valence-electron chi connectivity index (χ0n) is 19.3. The van der Waals surface area contributed by atoms with Crippen molar-refractivity contribution in [3.05, 3.63) is 95.8 Å². The van der Waals surface area contributed by atoms with Gasteiger partial charge in [0.15, 0.2) is 5.16 Å². The lowest BCUT2D eigenvalue weighted by Crippen LogP contribution is -2.30. The second-order valence-corrected chi connectivity index (χ2v) is 8.55. The highest BCUT2D eigenvalue weighted by molar-refractivity contribution is 7.99. The molecule has 0 saturated heterocycles. The molecule has 0 saturated carbocycles. The van der Waals surface area contributed by atoms with Gasteiger partial charge >= 0.3 is 0 Å². The minimum atomic E-state index is -0.320. The summed E-state index contributed by atoms with van der Waals surface area (Å²) in [5, 5.41) is 12.1. The first-order valence-electron chi connectivity index (χ1n) is 10.7. The number of aromatic nitrogens is 3.